The number of aryl methyl sites for hydroxylation is 1. The first-order chi connectivity index (χ1) is 8.28. The number of thiazole rings is 1. The number of rotatable bonds is 5. The molecule has 0 amide bonds. The van der Waals surface area contributed by atoms with Crippen molar-refractivity contribution in [1.29, 1.82) is 0 Å². The molecule has 0 saturated carbocycles. The number of aromatic nitrogens is 1. The van der Waals surface area contributed by atoms with Crippen LogP contribution in [0.1, 0.15) is 22.4 Å². The molecule has 2 nitrogen and oxygen atoms in total. The zero-order chi connectivity index (χ0) is 12.1. The number of hydrogen-bond donors (Lipinski definition) is 1. The van der Waals surface area contributed by atoms with Crippen LogP contribution in [0.4, 0.5) is 0 Å². The molecule has 2 aromatic rings. The molecule has 0 aliphatic rings. The fraction of sp³-hybridized carbons (Fsp3) is 0.308. The Morgan fingerprint density at radius 2 is 2.00 bits per heavy atom. The molecule has 4 heteroatoms. The van der Waals surface area contributed by atoms with Gasteiger partial charge in [-0.1, -0.05) is 30.7 Å². The minimum atomic E-state index is 0.781. The van der Waals surface area contributed by atoms with Crippen molar-refractivity contribution in [2.75, 3.05) is 0 Å². The SMILES string of the molecule is CCc1ncc(CNCc2ccc(Cl)cc2)s1. The first kappa shape index (κ1) is 12.6. The van der Waals surface area contributed by atoms with Gasteiger partial charge >= 0.3 is 0 Å². The first-order valence-electron chi connectivity index (χ1n) is 5.66. The topological polar surface area (TPSA) is 24.9 Å². The van der Waals surface area contributed by atoms with Gasteiger partial charge in [0.2, 0.25) is 0 Å². The molecular weight excluding hydrogens is 252 g/mol. The second-order valence-corrected chi connectivity index (χ2v) is 5.44. The van der Waals surface area contributed by atoms with Gasteiger partial charge in [-0.05, 0) is 24.1 Å². The maximum Gasteiger partial charge on any atom is 0.0925 e. The van der Waals surface area contributed by atoms with E-state index in [1.54, 1.807) is 11.3 Å². The van der Waals surface area contributed by atoms with Gasteiger partial charge in [0.05, 0.1) is 5.01 Å². The Bertz CT molecular complexity index is 465. The standard InChI is InChI=1S/C13H15ClN2S/c1-2-13-16-9-12(17-13)8-15-7-10-3-5-11(14)6-4-10/h3-6,9,15H,2,7-8H2,1H3. The lowest BCUT2D eigenvalue weighted by Crippen LogP contribution is -2.11. The van der Waals surface area contributed by atoms with Crippen molar-refractivity contribution in [3.05, 3.63) is 50.9 Å². The molecule has 0 saturated heterocycles. The summed E-state index contributed by atoms with van der Waals surface area (Å²) in [6.07, 6.45) is 2.97. The summed E-state index contributed by atoms with van der Waals surface area (Å²) < 4.78 is 0. The molecule has 17 heavy (non-hydrogen) atoms. The van der Waals surface area contributed by atoms with Gasteiger partial charge in [0.1, 0.15) is 0 Å². The van der Waals surface area contributed by atoms with Crippen LogP contribution in [0.5, 0.6) is 0 Å². The van der Waals surface area contributed by atoms with E-state index in [4.69, 9.17) is 11.6 Å². The summed E-state index contributed by atoms with van der Waals surface area (Å²) in [6.45, 7) is 3.86. The Morgan fingerprint density at radius 3 is 2.65 bits per heavy atom. The molecule has 0 bridgehead atoms. The van der Waals surface area contributed by atoms with Crippen molar-refractivity contribution < 1.29 is 0 Å². The second-order valence-electron chi connectivity index (χ2n) is 3.80. The van der Waals surface area contributed by atoms with E-state index in [2.05, 4.69) is 17.2 Å². The van der Waals surface area contributed by atoms with Gasteiger partial charge in [-0.2, -0.15) is 0 Å². The van der Waals surface area contributed by atoms with Gasteiger partial charge < -0.3 is 5.32 Å². The van der Waals surface area contributed by atoms with Gasteiger partial charge in [0.15, 0.2) is 0 Å². The molecule has 0 aliphatic heterocycles. The summed E-state index contributed by atoms with van der Waals surface area (Å²) >= 11 is 7.61. The molecule has 1 N–H and O–H groups in total. The van der Waals surface area contributed by atoms with Crippen LogP contribution in [0, 0.1) is 0 Å². The zero-order valence-corrected chi connectivity index (χ0v) is 11.3. The van der Waals surface area contributed by atoms with Crippen LogP contribution in [-0.4, -0.2) is 4.98 Å². The molecule has 0 fully saturated rings. The van der Waals surface area contributed by atoms with Crippen molar-refractivity contribution in [1.82, 2.24) is 10.3 Å². The molecule has 1 heterocycles. The number of halogens is 1. The molecule has 2 rings (SSSR count). The summed E-state index contributed by atoms with van der Waals surface area (Å²) in [6, 6.07) is 7.92. The molecule has 0 atom stereocenters. The predicted molar refractivity (Wildman–Crippen MR) is 73.5 cm³/mol. The minimum Gasteiger partial charge on any atom is -0.308 e. The third-order valence-electron chi connectivity index (χ3n) is 2.45. The molecule has 1 aromatic carbocycles. The lowest BCUT2D eigenvalue weighted by atomic mass is 10.2. The number of hydrogen-bond acceptors (Lipinski definition) is 3. The highest BCUT2D eigenvalue weighted by atomic mass is 35.5. The molecule has 0 spiro atoms. The van der Waals surface area contributed by atoms with Crippen molar-refractivity contribution in [3.63, 3.8) is 0 Å². The minimum absolute atomic E-state index is 0.781. The average Bonchev–Trinajstić information content (AvgIpc) is 2.80. The van der Waals surface area contributed by atoms with Crippen LogP contribution < -0.4 is 5.32 Å². The highest BCUT2D eigenvalue weighted by Crippen LogP contribution is 2.13. The molecule has 90 valence electrons. The first-order valence-corrected chi connectivity index (χ1v) is 6.86. The van der Waals surface area contributed by atoms with Crippen LogP contribution in [0.25, 0.3) is 0 Å². The van der Waals surface area contributed by atoms with Crippen LogP contribution in [0.2, 0.25) is 5.02 Å². The van der Waals surface area contributed by atoms with E-state index < -0.39 is 0 Å². The van der Waals surface area contributed by atoms with Gasteiger partial charge in [0, 0.05) is 29.2 Å². The molecule has 1 aromatic heterocycles. The Morgan fingerprint density at radius 1 is 1.24 bits per heavy atom. The van der Waals surface area contributed by atoms with Gasteiger partial charge in [-0.3, -0.25) is 0 Å². The molecule has 0 radical (unpaired) electrons. The molecule has 0 unspecified atom stereocenters. The van der Waals surface area contributed by atoms with Crippen molar-refractivity contribution >= 4 is 22.9 Å². The summed E-state index contributed by atoms with van der Waals surface area (Å²) in [4.78, 5) is 5.62. The Kier molecular flexibility index (Phi) is 4.54. The van der Waals surface area contributed by atoms with Crippen LogP contribution >= 0.6 is 22.9 Å². The summed E-state index contributed by atoms with van der Waals surface area (Å²) in [5.41, 5.74) is 1.25. The predicted octanol–water partition coefficient (Wildman–Crippen LogP) is 3.65. The Hall–Kier alpha value is -0.900. The van der Waals surface area contributed by atoms with Gasteiger partial charge in [0.25, 0.3) is 0 Å². The highest BCUT2D eigenvalue weighted by Gasteiger charge is 1.99. The fourth-order valence-corrected chi connectivity index (χ4v) is 2.48. The van der Waals surface area contributed by atoms with Crippen molar-refractivity contribution in [3.8, 4) is 0 Å². The Labute approximate surface area is 111 Å². The normalized spacial score (nSPS) is 10.7. The van der Waals surface area contributed by atoms with E-state index in [9.17, 15) is 0 Å². The molecule has 0 aliphatic carbocycles. The number of nitrogens with zero attached hydrogens (tertiary/aromatic N) is 1. The van der Waals surface area contributed by atoms with E-state index in [-0.39, 0.29) is 0 Å². The zero-order valence-electron chi connectivity index (χ0n) is 9.74. The van der Waals surface area contributed by atoms with E-state index in [1.165, 1.54) is 15.4 Å². The monoisotopic (exact) mass is 266 g/mol. The van der Waals surface area contributed by atoms with E-state index in [1.807, 2.05) is 30.5 Å². The van der Waals surface area contributed by atoms with Crippen molar-refractivity contribution in [2.45, 2.75) is 26.4 Å². The smallest absolute Gasteiger partial charge is 0.0925 e. The highest BCUT2D eigenvalue weighted by molar-refractivity contribution is 7.11. The largest absolute Gasteiger partial charge is 0.308 e. The van der Waals surface area contributed by atoms with Crippen LogP contribution in [0.15, 0.2) is 30.5 Å². The van der Waals surface area contributed by atoms with E-state index >= 15 is 0 Å². The maximum absolute atomic E-state index is 5.83. The number of benzene rings is 1. The Balaban J connectivity index is 1.81. The number of nitrogens with one attached hydrogen (secondary N) is 1. The van der Waals surface area contributed by atoms with Gasteiger partial charge in [-0.15, -0.1) is 11.3 Å². The quantitative estimate of drug-likeness (QED) is 0.894. The lowest BCUT2D eigenvalue weighted by molar-refractivity contribution is 0.700. The van der Waals surface area contributed by atoms with E-state index in [0.29, 0.717) is 0 Å². The third-order valence-corrected chi connectivity index (χ3v) is 3.84. The van der Waals surface area contributed by atoms with Gasteiger partial charge in [-0.25, -0.2) is 4.98 Å². The van der Waals surface area contributed by atoms with Crippen LogP contribution in [0.3, 0.4) is 0 Å². The third kappa shape index (κ3) is 3.80. The lowest BCUT2D eigenvalue weighted by Gasteiger charge is -2.03. The second kappa shape index (κ2) is 6.15. The van der Waals surface area contributed by atoms with Crippen molar-refractivity contribution in [2.24, 2.45) is 0 Å². The maximum atomic E-state index is 5.83. The molecular formula is C13H15ClN2S. The fourth-order valence-electron chi connectivity index (χ4n) is 1.53. The summed E-state index contributed by atoms with van der Waals surface area (Å²) in [5, 5.41) is 5.39. The van der Waals surface area contributed by atoms with E-state index in [0.717, 1.165) is 24.5 Å². The average molecular weight is 267 g/mol. The summed E-state index contributed by atoms with van der Waals surface area (Å²) in [5.74, 6) is 0. The van der Waals surface area contributed by atoms with Crippen LogP contribution in [-0.2, 0) is 19.5 Å². The summed E-state index contributed by atoms with van der Waals surface area (Å²) in [7, 11) is 0.